The molecule has 0 aliphatic carbocycles. The third-order valence-electron chi connectivity index (χ3n) is 2.07. The second-order valence-corrected chi connectivity index (χ2v) is 4.51. The molecule has 1 atom stereocenters. The maximum Gasteiger partial charge on any atom is 0.0942 e. The molecular formula is C10H13BrClNO2. The van der Waals surface area contributed by atoms with Crippen molar-refractivity contribution in [3.05, 3.63) is 27.2 Å². The van der Waals surface area contributed by atoms with Crippen LogP contribution >= 0.6 is 27.5 Å². The van der Waals surface area contributed by atoms with Crippen LogP contribution in [0.4, 0.5) is 5.69 Å². The molecule has 0 saturated carbocycles. The van der Waals surface area contributed by atoms with Gasteiger partial charge in [-0.3, -0.25) is 0 Å². The monoisotopic (exact) mass is 293 g/mol. The van der Waals surface area contributed by atoms with Crippen molar-refractivity contribution in [3.8, 4) is 0 Å². The number of rotatable bonds is 4. The first-order chi connectivity index (χ1) is 7.06. The fraction of sp³-hybridized carbons (Fsp3) is 0.400. The Morgan fingerprint density at radius 2 is 2.20 bits per heavy atom. The SMILES string of the molecule is Cc1c(Cl)ccc(Br)c1NCC(O)CO. The van der Waals surface area contributed by atoms with Crippen molar-refractivity contribution < 1.29 is 10.2 Å². The Hall–Kier alpha value is -0.290. The van der Waals surface area contributed by atoms with E-state index in [-0.39, 0.29) is 13.2 Å². The van der Waals surface area contributed by atoms with E-state index in [4.69, 9.17) is 16.7 Å². The molecule has 1 rings (SSSR count). The molecule has 3 N–H and O–H groups in total. The summed E-state index contributed by atoms with van der Waals surface area (Å²) in [6, 6.07) is 3.64. The zero-order valence-electron chi connectivity index (χ0n) is 8.30. The van der Waals surface area contributed by atoms with Crippen molar-refractivity contribution in [1.82, 2.24) is 0 Å². The topological polar surface area (TPSA) is 52.5 Å². The molecule has 0 saturated heterocycles. The molecule has 3 nitrogen and oxygen atoms in total. The molecule has 0 radical (unpaired) electrons. The molecule has 15 heavy (non-hydrogen) atoms. The van der Waals surface area contributed by atoms with Gasteiger partial charge >= 0.3 is 0 Å². The number of aliphatic hydroxyl groups excluding tert-OH is 2. The van der Waals surface area contributed by atoms with Crippen LogP contribution in [-0.2, 0) is 0 Å². The predicted octanol–water partition coefficient (Wildman–Crippen LogP) is 2.18. The lowest BCUT2D eigenvalue weighted by atomic mass is 10.2. The Morgan fingerprint density at radius 3 is 2.80 bits per heavy atom. The highest BCUT2D eigenvalue weighted by molar-refractivity contribution is 9.10. The molecule has 0 bridgehead atoms. The quantitative estimate of drug-likeness (QED) is 0.798. The van der Waals surface area contributed by atoms with Gasteiger partial charge in [0.15, 0.2) is 0 Å². The van der Waals surface area contributed by atoms with Crippen molar-refractivity contribution >= 4 is 33.2 Å². The standard InChI is InChI=1S/C10H13BrClNO2/c1-6-9(12)3-2-8(11)10(6)13-4-7(15)5-14/h2-3,7,13-15H,4-5H2,1H3. The first-order valence-electron chi connectivity index (χ1n) is 4.53. The minimum Gasteiger partial charge on any atom is -0.394 e. The normalized spacial score (nSPS) is 12.6. The number of hydrogen-bond donors (Lipinski definition) is 3. The van der Waals surface area contributed by atoms with E-state index in [1.54, 1.807) is 6.07 Å². The number of nitrogens with one attached hydrogen (secondary N) is 1. The molecule has 0 aromatic heterocycles. The Labute approximate surface area is 102 Å². The molecule has 0 spiro atoms. The summed E-state index contributed by atoms with van der Waals surface area (Å²) in [4.78, 5) is 0. The van der Waals surface area contributed by atoms with E-state index >= 15 is 0 Å². The highest BCUT2D eigenvalue weighted by Gasteiger charge is 2.08. The lowest BCUT2D eigenvalue weighted by molar-refractivity contribution is 0.105. The van der Waals surface area contributed by atoms with Crippen molar-refractivity contribution in [2.45, 2.75) is 13.0 Å². The van der Waals surface area contributed by atoms with Gasteiger partial charge in [0, 0.05) is 16.0 Å². The first kappa shape index (κ1) is 12.8. The van der Waals surface area contributed by atoms with Crippen LogP contribution < -0.4 is 5.32 Å². The van der Waals surface area contributed by atoms with E-state index in [0.717, 1.165) is 15.7 Å². The second kappa shape index (κ2) is 5.70. The highest BCUT2D eigenvalue weighted by atomic mass is 79.9. The van der Waals surface area contributed by atoms with Gasteiger partial charge in [-0.25, -0.2) is 0 Å². The molecule has 1 aromatic rings. The van der Waals surface area contributed by atoms with Crippen LogP contribution in [-0.4, -0.2) is 29.5 Å². The zero-order chi connectivity index (χ0) is 11.4. The Balaban J connectivity index is 2.80. The minimum absolute atomic E-state index is 0.260. The number of hydrogen-bond acceptors (Lipinski definition) is 3. The summed E-state index contributed by atoms with van der Waals surface area (Å²) in [6.45, 7) is 1.92. The molecule has 0 heterocycles. The number of anilines is 1. The van der Waals surface area contributed by atoms with Crippen molar-refractivity contribution in [1.29, 1.82) is 0 Å². The van der Waals surface area contributed by atoms with Crippen molar-refractivity contribution in [2.75, 3.05) is 18.5 Å². The molecule has 84 valence electrons. The summed E-state index contributed by atoms with van der Waals surface area (Å²) >= 11 is 9.35. The molecule has 1 unspecified atom stereocenters. The first-order valence-corrected chi connectivity index (χ1v) is 5.70. The van der Waals surface area contributed by atoms with Crippen LogP contribution in [0.15, 0.2) is 16.6 Å². The van der Waals surface area contributed by atoms with Gasteiger partial charge in [0.25, 0.3) is 0 Å². The lowest BCUT2D eigenvalue weighted by Gasteiger charge is -2.14. The summed E-state index contributed by atoms with van der Waals surface area (Å²) < 4.78 is 0.884. The van der Waals surface area contributed by atoms with Crippen molar-refractivity contribution in [2.24, 2.45) is 0 Å². The van der Waals surface area contributed by atoms with Gasteiger partial charge in [0.2, 0.25) is 0 Å². The largest absolute Gasteiger partial charge is 0.394 e. The van der Waals surface area contributed by atoms with Gasteiger partial charge in [-0.1, -0.05) is 11.6 Å². The third-order valence-corrected chi connectivity index (χ3v) is 3.14. The summed E-state index contributed by atoms with van der Waals surface area (Å²) in [5, 5.41) is 21.6. The van der Waals surface area contributed by atoms with E-state index in [2.05, 4.69) is 21.2 Å². The molecule has 0 aliphatic heterocycles. The van der Waals surface area contributed by atoms with Crippen LogP contribution in [0.3, 0.4) is 0 Å². The molecule has 0 fully saturated rings. The third kappa shape index (κ3) is 3.34. The molecule has 5 heteroatoms. The smallest absolute Gasteiger partial charge is 0.0942 e. The summed E-state index contributed by atoms with van der Waals surface area (Å²) in [6.07, 6.45) is -0.768. The van der Waals surface area contributed by atoms with E-state index in [1.165, 1.54) is 0 Å². The molecule has 0 amide bonds. The summed E-state index contributed by atoms with van der Waals surface area (Å²) in [7, 11) is 0. The highest BCUT2D eigenvalue weighted by Crippen LogP contribution is 2.31. The van der Waals surface area contributed by atoms with Gasteiger partial charge < -0.3 is 15.5 Å². The van der Waals surface area contributed by atoms with Gasteiger partial charge in [0.1, 0.15) is 0 Å². The maximum absolute atomic E-state index is 9.21. The minimum atomic E-state index is -0.768. The second-order valence-electron chi connectivity index (χ2n) is 3.25. The van der Waals surface area contributed by atoms with Crippen LogP contribution in [0.25, 0.3) is 0 Å². The summed E-state index contributed by atoms with van der Waals surface area (Å²) in [5.74, 6) is 0. The number of benzene rings is 1. The predicted molar refractivity (Wildman–Crippen MR) is 65.5 cm³/mol. The molecule has 1 aromatic carbocycles. The van der Waals surface area contributed by atoms with Crippen LogP contribution in [0.5, 0.6) is 0 Å². The maximum atomic E-state index is 9.21. The van der Waals surface area contributed by atoms with Crippen LogP contribution in [0.2, 0.25) is 5.02 Å². The van der Waals surface area contributed by atoms with Gasteiger partial charge in [-0.15, -0.1) is 0 Å². The fourth-order valence-corrected chi connectivity index (χ4v) is 1.88. The number of aliphatic hydroxyl groups is 2. The van der Waals surface area contributed by atoms with E-state index in [9.17, 15) is 5.11 Å². The van der Waals surface area contributed by atoms with Gasteiger partial charge in [0.05, 0.1) is 18.4 Å². The van der Waals surface area contributed by atoms with Gasteiger partial charge in [-0.2, -0.15) is 0 Å². The molecular weight excluding hydrogens is 281 g/mol. The van der Waals surface area contributed by atoms with Crippen LogP contribution in [0.1, 0.15) is 5.56 Å². The lowest BCUT2D eigenvalue weighted by Crippen LogP contribution is -2.23. The fourth-order valence-electron chi connectivity index (χ4n) is 1.15. The average Bonchev–Trinajstić information content (AvgIpc) is 2.23. The Morgan fingerprint density at radius 1 is 1.53 bits per heavy atom. The molecule has 0 aliphatic rings. The van der Waals surface area contributed by atoms with Crippen molar-refractivity contribution in [3.63, 3.8) is 0 Å². The van der Waals surface area contributed by atoms with Gasteiger partial charge in [-0.05, 0) is 40.5 Å². The summed E-state index contributed by atoms with van der Waals surface area (Å²) in [5.41, 5.74) is 1.76. The zero-order valence-corrected chi connectivity index (χ0v) is 10.6. The average molecular weight is 295 g/mol. The number of halogens is 2. The van der Waals surface area contributed by atoms with E-state index in [1.807, 2.05) is 13.0 Å². The Bertz CT molecular complexity index is 346. The Kier molecular flexibility index (Phi) is 4.86. The van der Waals surface area contributed by atoms with E-state index in [0.29, 0.717) is 5.02 Å². The van der Waals surface area contributed by atoms with E-state index < -0.39 is 6.10 Å². The van der Waals surface area contributed by atoms with Crippen LogP contribution in [0, 0.1) is 6.92 Å².